The molecule has 0 amide bonds. The first kappa shape index (κ1) is 13.0. The van der Waals surface area contributed by atoms with Crippen LogP contribution < -0.4 is 4.57 Å². The fraction of sp³-hybridized carbons (Fsp3) is 0.0588. The van der Waals surface area contributed by atoms with Gasteiger partial charge in [0.05, 0.1) is 5.39 Å². The van der Waals surface area contributed by atoms with Gasteiger partial charge in [-0.2, -0.15) is 4.57 Å². The zero-order valence-electron chi connectivity index (χ0n) is 10.8. The zero-order valence-corrected chi connectivity index (χ0v) is 12.4. The van der Waals surface area contributed by atoms with Crippen molar-refractivity contribution in [3.05, 3.63) is 77.0 Å². The maximum absolute atomic E-state index is 12.3. The molecule has 0 saturated carbocycles. The van der Waals surface area contributed by atoms with Crippen LogP contribution in [0.3, 0.4) is 0 Å². The Morgan fingerprint density at radius 3 is 2.45 bits per heavy atom. The molecule has 0 unspecified atom stereocenters. The van der Waals surface area contributed by atoms with Gasteiger partial charge in [-0.15, -0.1) is 0 Å². The van der Waals surface area contributed by atoms with E-state index in [1.165, 1.54) is 0 Å². The van der Waals surface area contributed by atoms with E-state index in [-0.39, 0.29) is 5.78 Å². The molecule has 2 aromatic carbocycles. The van der Waals surface area contributed by atoms with Crippen molar-refractivity contribution in [2.45, 2.75) is 6.54 Å². The summed E-state index contributed by atoms with van der Waals surface area (Å²) in [5.74, 6) is 0.103. The molecule has 3 rings (SSSR count). The third-order valence-corrected chi connectivity index (χ3v) is 4.16. The molecule has 0 aliphatic carbocycles. The molecule has 20 heavy (non-hydrogen) atoms. The van der Waals surface area contributed by atoms with E-state index in [1.807, 2.05) is 65.4 Å². The second-order valence-electron chi connectivity index (χ2n) is 4.61. The summed E-state index contributed by atoms with van der Waals surface area (Å²) >= 11 is 3.59. The number of hydrogen-bond acceptors (Lipinski definition) is 1. The topological polar surface area (TPSA) is 20.9 Å². The van der Waals surface area contributed by atoms with Gasteiger partial charge in [0.15, 0.2) is 6.20 Å². The number of carbonyl (C=O) groups is 1. The lowest BCUT2D eigenvalue weighted by Crippen LogP contribution is -2.39. The second kappa shape index (κ2) is 5.55. The molecule has 0 aliphatic heterocycles. The first-order chi connectivity index (χ1) is 9.75. The van der Waals surface area contributed by atoms with Crippen molar-refractivity contribution in [1.82, 2.24) is 0 Å². The van der Waals surface area contributed by atoms with Crippen LogP contribution in [-0.4, -0.2) is 5.78 Å². The predicted octanol–water partition coefficient (Wildman–Crippen LogP) is 3.77. The van der Waals surface area contributed by atoms with Crippen LogP contribution in [0.2, 0.25) is 0 Å². The Labute approximate surface area is 125 Å². The molecule has 0 radical (unpaired) electrons. The highest BCUT2D eigenvalue weighted by atomic mass is 79.9. The minimum absolute atomic E-state index is 0.103. The minimum atomic E-state index is 0.103. The zero-order chi connectivity index (χ0) is 13.9. The van der Waals surface area contributed by atoms with Crippen LogP contribution in [-0.2, 0) is 6.54 Å². The van der Waals surface area contributed by atoms with Crippen LogP contribution >= 0.6 is 15.9 Å². The number of nitrogens with zero attached hydrogens (tertiary/aromatic N) is 1. The van der Waals surface area contributed by atoms with Crippen molar-refractivity contribution in [3.8, 4) is 0 Å². The first-order valence-corrected chi connectivity index (χ1v) is 7.20. The molecular weight excluding hydrogens is 314 g/mol. The van der Waals surface area contributed by atoms with E-state index in [9.17, 15) is 4.79 Å². The van der Waals surface area contributed by atoms with Gasteiger partial charge in [-0.1, -0.05) is 48.5 Å². The summed E-state index contributed by atoms with van der Waals surface area (Å²) < 4.78 is 2.86. The summed E-state index contributed by atoms with van der Waals surface area (Å²) in [5.41, 5.74) is 0.736. The van der Waals surface area contributed by atoms with Gasteiger partial charge in [0.2, 0.25) is 12.3 Å². The van der Waals surface area contributed by atoms with Crippen LogP contribution in [0.4, 0.5) is 0 Å². The van der Waals surface area contributed by atoms with Crippen molar-refractivity contribution >= 4 is 32.5 Å². The maximum atomic E-state index is 12.3. The van der Waals surface area contributed by atoms with Gasteiger partial charge >= 0.3 is 0 Å². The molecule has 2 nitrogen and oxygen atoms in total. The average Bonchev–Trinajstić information content (AvgIpc) is 2.51. The molecule has 0 fully saturated rings. The van der Waals surface area contributed by atoms with E-state index in [0.29, 0.717) is 6.54 Å². The molecule has 3 aromatic rings. The van der Waals surface area contributed by atoms with Gasteiger partial charge in [0.25, 0.3) is 4.60 Å². The standard InChI is InChI=1S/C17H13BrNO/c18-17-15-9-5-4-6-13(15)10-11-19(17)12-16(20)14-7-2-1-3-8-14/h1-11H,12H2/q+1. The average molecular weight is 327 g/mol. The molecule has 0 bridgehead atoms. The van der Waals surface area contributed by atoms with Gasteiger partial charge in [0, 0.05) is 27.6 Å². The van der Waals surface area contributed by atoms with Crippen LogP contribution in [0.1, 0.15) is 10.4 Å². The highest BCUT2D eigenvalue weighted by Crippen LogP contribution is 2.19. The number of carbonyl (C=O) groups excluding carboxylic acids is 1. The van der Waals surface area contributed by atoms with Gasteiger partial charge in [0.1, 0.15) is 0 Å². The van der Waals surface area contributed by atoms with Crippen LogP contribution in [0.25, 0.3) is 10.8 Å². The third-order valence-electron chi connectivity index (χ3n) is 3.28. The quantitative estimate of drug-likeness (QED) is 0.407. The summed E-state index contributed by atoms with van der Waals surface area (Å²) in [4.78, 5) is 12.3. The number of halogens is 1. The fourth-order valence-corrected chi connectivity index (χ4v) is 2.82. The molecule has 0 spiro atoms. The van der Waals surface area contributed by atoms with Gasteiger partial charge in [-0.3, -0.25) is 4.79 Å². The van der Waals surface area contributed by atoms with Crippen LogP contribution in [0.15, 0.2) is 71.5 Å². The fourth-order valence-electron chi connectivity index (χ4n) is 2.21. The van der Waals surface area contributed by atoms with E-state index in [2.05, 4.69) is 22.0 Å². The Balaban J connectivity index is 1.95. The molecule has 0 atom stereocenters. The number of benzene rings is 2. The van der Waals surface area contributed by atoms with E-state index in [1.54, 1.807) is 0 Å². The summed E-state index contributed by atoms with van der Waals surface area (Å²) in [6.07, 6.45) is 1.94. The van der Waals surface area contributed by atoms with E-state index in [4.69, 9.17) is 0 Å². The van der Waals surface area contributed by atoms with Crippen molar-refractivity contribution in [2.75, 3.05) is 0 Å². The molecule has 0 aliphatic rings. The first-order valence-electron chi connectivity index (χ1n) is 6.40. The number of ketones is 1. The summed E-state index contributed by atoms with van der Waals surface area (Å²) in [5, 5.41) is 2.26. The highest BCUT2D eigenvalue weighted by Gasteiger charge is 2.17. The lowest BCUT2D eigenvalue weighted by atomic mass is 10.1. The Morgan fingerprint density at radius 2 is 1.65 bits per heavy atom. The minimum Gasteiger partial charge on any atom is -0.287 e. The van der Waals surface area contributed by atoms with Gasteiger partial charge in [-0.05, 0) is 11.5 Å². The molecule has 0 N–H and O–H groups in total. The number of pyridine rings is 1. The van der Waals surface area contributed by atoms with Crippen LogP contribution in [0, 0.1) is 0 Å². The Kier molecular flexibility index (Phi) is 3.61. The van der Waals surface area contributed by atoms with Gasteiger partial charge in [-0.25, -0.2) is 0 Å². The lowest BCUT2D eigenvalue weighted by molar-refractivity contribution is -0.692. The molecule has 0 saturated heterocycles. The highest BCUT2D eigenvalue weighted by molar-refractivity contribution is 9.10. The number of rotatable bonds is 3. The van der Waals surface area contributed by atoms with Gasteiger partial charge < -0.3 is 0 Å². The molecular formula is C17H13BrNO+. The summed E-state index contributed by atoms with van der Waals surface area (Å²) in [6.45, 7) is 0.329. The van der Waals surface area contributed by atoms with Crippen molar-refractivity contribution in [1.29, 1.82) is 0 Å². The van der Waals surface area contributed by atoms with Crippen molar-refractivity contribution in [3.63, 3.8) is 0 Å². The second-order valence-corrected chi connectivity index (χ2v) is 5.36. The Morgan fingerprint density at radius 1 is 0.950 bits per heavy atom. The van der Waals surface area contributed by atoms with Crippen LogP contribution in [0.5, 0.6) is 0 Å². The largest absolute Gasteiger partial charge is 0.287 e. The Bertz CT molecular complexity index is 768. The van der Waals surface area contributed by atoms with E-state index < -0.39 is 0 Å². The Hall–Kier alpha value is -2.00. The molecule has 3 heteroatoms. The van der Waals surface area contributed by atoms with Crippen molar-refractivity contribution < 1.29 is 9.36 Å². The third kappa shape index (κ3) is 2.49. The lowest BCUT2D eigenvalue weighted by Gasteiger charge is -2.02. The molecule has 1 heterocycles. The molecule has 98 valence electrons. The smallest absolute Gasteiger partial charge is 0.256 e. The summed E-state index contributed by atoms with van der Waals surface area (Å²) in [6, 6.07) is 19.5. The number of aromatic nitrogens is 1. The summed E-state index contributed by atoms with van der Waals surface area (Å²) in [7, 11) is 0. The number of hydrogen-bond donors (Lipinski definition) is 0. The van der Waals surface area contributed by atoms with Crippen molar-refractivity contribution in [2.24, 2.45) is 0 Å². The number of Topliss-reactive ketones (excluding diaryl/α,β-unsaturated/α-hetero) is 1. The molecule has 1 aromatic heterocycles. The monoisotopic (exact) mass is 326 g/mol. The normalized spacial score (nSPS) is 10.7. The SMILES string of the molecule is O=C(C[n+]1ccc2ccccc2c1Br)c1ccccc1. The maximum Gasteiger partial charge on any atom is 0.256 e. The van der Waals surface area contributed by atoms with E-state index in [0.717, 1.165) is 20.9 Å². The van der Waals surface area contributed by atoms with E-state index >= 15 is 0 Å². The number of fused-ring (bicyclic) bond motifs is 1. The predicted molar refractivity (Wildman–Crippen MR) is 82.6 cm³/mol.